The highest BCUT2D eigenvalue weighted by Gasteiger charge is 2.24. The summed E-state index contributed by atoms with van der Waals surface area (Å²) in [5.74, 6) is 0.647. The number of hydrogen-bond donors (Lipinski definition) is 0. The SMILES string of the molecule is c1ccc(-c2cc(-c3ccccc3)cc(-c3nc(-n4c5ccccc5c5ccc6sc7ccc8c9ccccc9n(-c9ccccc9)c8c7c6c54)nc4ccccc34)c2)cc1. The van der Waals surface area contributed by atoms with Gasteiger partial charge in [0.15, 0.2) is 0 Å². The van der Waals surface area contributed by atoms with Crippen LogP contribution >= 0.6 is 11.3 Å². The van der Waals surface area contributed by atoms with Gasteiger partial charge in [-0.25, -0.2) is 9.97 Å². The molecule has 0 saturated heterocycles. The first-order chi connectivity index (χ1) is 30.3. The van der Waals surface area contributed by atoms with Gasteiger partial charge in [-0.2, -0.15) is 0 Å². The first-order valence-corrected chi connectivity index (χ1v) is 21.5. The van der Waals surface area contributed by atoms with Gasteiger partial charge in [-0.1, -0.05) is 146 Å². The highest BCUT2D eigenvalue weighted by Crippen LogP contribution is 2.47. The number of benzene rings is 9. The second-order valence-electron chi connectivity index (χ2n) is 15.7. The summed E-state index contributed by atoms with van der Waals surface area (Å²) in [5.41, 5.74) is 13.2. The van der Waals surface area contributed by atoms with Gasteiger partial charge in [-0.3, -0.25) is 4.57 Å². The number of para-hydroxylation sites is 4. The molecule has 0 N–H and O–H groups in total. The number of hydrogen-bond acceptors (Lipinski definition) is 3. The van der Waals surface area contributed by atoms with Crippen LogP contribution in [0.2, 0.25) is 0 Å². The maximum Gasteiger partial charge on any atom is 0.235 e. The predicted molar refractivity (Wildman–Crippen MR) is 257 cm³/mol. The van der Waals surface area contributed by atoms with Crippen molar-refractivity contribution in [2.24, 2.45) is 0 Å². The molecule has 0 saturated carbocycles. The molecular weight excluding hydrogens is 761 g/mol. The van der Waals surface area contributed by atoms with Crippen LogP contribution in [0.1, 0.15) is 0 Å². The van der Waals surface area contributed by atoms with E-state index in [0.29, 0.717) is 5.95 Å². The van der Waals surface area contributed by atoms with E-state index in [2.05, 4.69) is 215 Å². The average Bonchev–Trinajstić information content (AvgIpc) is 3.99. The van der Waals surface area contributed by atoms with Crippen molar-refractivity contribution in [1.82, 2.24) is 19.1 Å². The summed E-state index contributed by atoms with van der Waals surface area (Å²) < 4.78 is 7.27. The zero-order chi connectivity index (χ0) is 40.0. The number of fused-ring (bicyclic) bond motifs is 12. The zero-order valence-corrected chi connectivity index (χ0v) is 33.6. The van der Waals surface area contributed by atoms with E-state index in [9.17, 15) is 0 Å². The fourth-order valence-corrected chi connectivity index (χ4v) is 10.8. The van der Waals surface area contributed by atoms with Crippen LogP contribution in [0.4, 0.5) is 0 Å². The maximum absolute atomic E-state index is 5.67. The lowest BCUT2D eigenvalue weighted by atomic mass is 9.94. The van der Waals surface area contributed by atoms with Crippen molar-refractivity contribution in [3.63, 3.8) is 0 Å². The van der Waals surface area contributed by atoms with Gasteiger partial charge < -0.3 is 4.57 Å². The molecule has 13 aromatic rings. The van der Waals surface area contributed by atoms with Gasteiger partial charge in [0.1, 0.15) is 0 Å². The van der Waals surface area contributed by atoms with Crippen LogP contribution in [0, 0.1) is 0 Å². The van der Waals surface area contributed by atoms with Crippen LogP contribution < -0.4 is 0 Å². The highest BCUT2D eigenvalue weighted by atomic mass is 32.1. The number of aromatic nitrogens is 4. The molecular formula is C56H34N4S. The van der Waals surface area contributed by atoms with Crippen molar-refractivity contribution >= 4 is 86.0 Å². The predicted octanol–water partition coefficient (Wildman–Crippen LogP) is 15.2. The standard InChI is InChI=1S/C56H34N4S/c1-4-16-35(17-5-1)37-32-38(36-18-6-2-7-19-36)34-39(33-37)53-45-24-10-13-25-46(45)57-56(58-53)60-48-27-15-12-23-42(48)44-29-31-50-52(55(44)60)51-49(61-50)30-28-43-41-22-11-14-26-47(41)59(54(43)51)40-20-8-3-9-21-40/h1-34H. The second-order valence-corrected chi connectivity index (χ2v) is 16.8. The lowest BCUT2D eigenvalue weighted by Gasteiger charge is -2.15. The van der Waals surface area contributed by atoms with E-state index in [1.165, 1.54) is 52.8 Å². The Morgan fingerprint density at radius 2 is 0.820 bits per heavy atom. The third kappa shape index (κ3) is 5.18. The Kier molecular flexibility index (Phi) is 7.44. The number of rotatable bonds is 5. The van der Waals surface area contributed by atoms with Crippen LogP contribution in [0.5, 0.6) is 0 Å². The maximum atomic E-state index is 5.67. The molecule has 4 nitrogen and oxygen atoms in total. The molecule has 5 heteroatoms. The van der Waals surface area contributed by atoms with E-state index in [4.69, 9.17) is 9.97 Å². The summed E-state index contributed by atoms with van der Waals surface area (Å²) in [6, 6.07) is 74.1. The van der Waals surface area contributed by atoms with Gasteiger partial charge in [0.2, 0.25) is 5.95 Å². The van der Waals surface area contributed by atoms with Crippen LogP contribution in [0.3, 0.4) is 0 Å². The summed E-state index contributed by atoms with van der Waals surface area (Å²) in [6.07, 6.45) is 0. The van der Waals surface area contributed by atoms with E-state index < -0.39 is 0 Å². The molecule has 0 radical (unpaired) electrons. The summed E-state index contributed by atoms with van der Waals surface area (Å²) in [6.45, 7) is 0. The van der Waals surface area contributed by atoms with E-state index in [-0.39, 0.29) is 0 Å². The van der Waals surface area contributed by atoms with Crippen molar-refractivity contribution in [3.05, 3.63) is 206 Å². The monoisotopic (exact) mass is 794 g/mol. The molecule has 13 rings (SSSR count). The van der Waals surface area contributed by atoms with Gasteiger partial charge in [-0.15, -0.1) is 11.3 Å². The molecule has 4 aromatic heterocycles. The Morgan fingerprint density at radius 3 is 1.43 bits per heavy atom. The van der Waals surface area contributed by atoms with Crippen molar-refractivity contribution in [2.75, 3.05) is 0 Å². The average molecular weight is 795 g/mol. The normalized spacial score (nSPS) is 11.9. The summed E-state index contributed by atoms with van der Waals surface area (Å²) >= 11 is 1.85. The topological polar surface area (TPSA) is 35.6 Å². The fourth-order valence-electron chi connectivity index (χ4n) is 9.65. The molecule has 0 fully saturated rings. The number of nitrogens with zero attached hydrogens (tertiary/aromatic N) is 4. The van der Waals surface area contributed by atoms with Gasteiger partial charge >= 0.3 is 0 Å². The summed E-state index contributed by atoms with van der Waals surface area (Å²) in [4.78, 5) is 11.1. The first-order valence-electron chi connectivity index (χ1n) is 20.7. The van der Waals surface area contributed by atoms with E-state index in [1.54, 1.807) is 0 Å². The highest BCUT2D eigenvalue weighted by molar-refractivity contribution is 7.26. The second kappa shape index (κ2) is 13.3. The Labute approximate surface area is 354 Å². The fraction of sp³-hybridized carbons (Fsp3) is 0. The molecule has 0 spiro atoms. The molecule has 284 valence electrons. The molecule has 0 bridgehead atoms. The van der Waals surface area contributed by atoms with Crippen LogP contribution in [-0.4, -0.2) is 19.1 Å². The molecule has 9 aromatic carbocycles. The quantitative estimate of drug-likeness (QED) is 0.174. The van der Waals surface area contributed by atoms with Gasteiger partial charge in [0.05, 0.1) is 33.3 Å². The zero-order valence-electron chi connectivity index (χ0n) is 32.8. The molecule has 0 unspecified atom stereocenters. The van der Waals surface area contributed by atoms with Crippen molar-refractivity contribution in [3.8, 4) is 45.1 Å². The molecule has 0 aliphatic carbocycles. The molecule has 0 atom stereocenters. The Morgan fingerprint density at radius 1 is 0.344 bits per heavy atom. The Bertz CT molecular complexity index is 3800. The lowest BCUT2D eigenvalue weighted by molar-refractivity contribution is 1.02. The van der Waals surface area contributed by atoms with Crippen molar-refractivity contribution in [1.29, 1.82) is 0 Å². The minimum Gasteiger partial charge on any atom is -0.309 e. The van der Waals surface area contributed by atoms with Gasteiger partial charge in [0, 0.05) is 58.4 Å². The molecule has 0 aliphatic heterocycles. The minimum atomic E-state index is 0.647. The molecule has 61 heavy (non-hydrogen) atoms. The third-order valence-corrected chi connectivity index (χ3v) is 13.4. The largest absolute Gasteiger partial charge is 0.309 e. The molecule has 0 aliphatic rings. The molecule has 4 heterocycles. The van der Waals surface area contributed by atoms with E-state index in [0.717, 1.165) is 61.1 Å². The summed E-state index contributed by atoms with van der Waals surface area (Å²) in [5, 5.41) is 8.31. The number of thiophene rings is 1. The van der Waals surface area contributed by atoms with Crippen LogP contribution in [0.25, 0.3) is 120 Å². The van der Waals surface area contributed by atoms with E-state index in [1.807, 2.05) is 11.3 Å². The summed E-state index contributed by atoms with van der Waals surface area (Å²) in [7, 11) is 0. The minimum absolute atomic E-state index is 0.647. The smallest absolute Gasteiger partial charge is 0.235 e. The van der Waals surface area contributed by atoms with E-state index >= 15 is 0 Å². The van der Waals surface area contributed by atoms with Crippen molar-refractivity contribution < 1.29 is 0 Å². The Balaban J connectivity index is 1.17. The Hall–Kier alpha value is -7.86. The molecule has 0 amide bonds. The van der Waals surface area contributed by atoms with Crippen molar-refractivity contribution in [2.45, 2.75) is 0 Å². The van der Waals surface area contributed by atoms with Crippen LogP contribution in [-0.2, 0) is 0 Å². The third-order valence-electron chi connectivity index (χ3n) is 12.3. The van der Waals surface area contributed by atoms with Gasteiger partial charge in [-0.05, 0) is 82.9 Å². The lowest BCUT2D eigenvalue weighted by Crippen LogP contribution is -2.04. The van der Waals surface area contributed by atoms with Gasteiger partial charge in [0.25, 0.3) is 0 Å². The first kappa shape index (κ1) is 34.0. The van der Waals surface area contributed by atoms with Crippen LogP contribution in [0.15, 0.2) is 206 Å².